The second kappa shape index (κ2) is 5.67. The highest BCUT2D eigenvalue weighted by atomic mass is 16.2. The van der Waals surface area contributed by atoms with Gasteiger partial charge in [-0.2, -0.15) is 4.52 Å². The minimum Gasteiger partial charge on any atom is -0.354 e. The summed E-state index contributed by atoms with van der Waals surface area (Å²) in [5, 5.41) is 15.3. The average molecular weight is 288 g/mol. The molecule has 1 fully saturated rings. The molecule has 1 atom stereocenters. The zero-order valence-corrected chi connectivity index (χ0v) is 12.4. The Morgan fingerprint density at radius 2 is 2.29 bits per heavy atom. The predicted molar refractivity (Wildman–Crippen MR) is 79.0 cm³/mol. The summed E-state index contributed by atoms with van der Waals surface area (Å²) in [5.41, 5.74) is 0.727. The smallest absolute Gasteiger partial charge is 0.225 e. The van der Waals surface area contributed by atoms with E-state index in [1.165, 1.54) is 0 Å². The van der Waals surface area contributed by atoms with E-state index in [0.29, 0.717) is 6.54 Å². The predicted octanol–water partition coefficient (Wildman–Crippen LogP) is 0.865. The van der Waals surface area contributed by atoms with Crippen LogP contribution in [-0.4, -0.2) is 44.8 Å². The molecule has 0 bridgehead atoms. The average Bonchev–Trinajstić information content (AvgIpc) is 2.94. The van der Waals surface area contributed by atoms with Crippen LogP contribution in [0.4, 0.5) is 5.82 Å². The van der Waals surface area contributed by atoms with Gasteiger partial charge in [-0.3, -0.25) is 4.79 Å². The lowest BCUT2D eigenvalue weighted by Gasteiger charge is -2.33. The molecule has 112 valence electrons. The molecule has 2 aromatic heterocycles. The molecular weight excluding hydrogens is 268 g/mol. The molecule has 7 nitrogen and oxygen atoms in total. The van der Waals surface area contributed by atoms with Crippen molar-refractivity contribution >= 4 is 17.4 Å². The summed E-state index contributed by atoms with van der Waals surface area (Å²) in [6.07, 6.45) is 3.52. The highest BCUT2D eigenvalue weighted by Crippen LogP contribution is 2.22. The van der Waals surface area contributed by atoms with Crippen molar-refractivity contribution in [1.29, 1.82) is 0 Å². The van der Waals surface area contributed by atoms with E-state index >= 15 is 0 Å². The Kier molecular flexibility index (Phi) is 3.72. The Morgan fingerprint density at radius 1 is 1.43 bits per heavy atom. The number of fused-ring (bicyclic) bond motifs is 1. The monoisotopic (exact) mass is 288 g/mol. The molecule has 0 aliphatic carbocycles. The van der Waals surface area contributed by atoms with Gasteiger partial charge in [-0.05, 0) is 38.8 Å². The Labute approximate surface area is 123 Å². The fourth-order valence-corrected chi connectivity index (χ4v) is 2.69. The number of nitrogens with one attached hydrogen (secondary N) is 1. The van der Waals surface area contributed by atoms with Gasteiger partial charge in [0.05, 0.1) is 5.92 Å². The van der Waals surface area contributed by atoms with Crippen LogP contribution in [0.5, 0.6) is 0 Å². The molecule has 3 rings (SSSR count). The number of anilines is 1. The van der Waals surface area contributed by atoms with Gasteiger partial charge >= 0.3 is 0 Å². The van der Waals surface area contributed by atoms with Crippen molar-refractivity contribution in [2.45, 2.75) is 32.7 Å². The lowest BCUT2D eigenvalue weighted by atomic mass is 9.97. The van der Waals surface area contributed by atoms with Crippen molar-refractivity contribution < 1.29 is 4.79 Å². The number of carbonyl (C=O) groups is 1. The van der Waals surface area contributed by atoms with E-state index in [9.17, 15) is 4.79 Å². The van der Waals surface area contributed by atoms with Gasteiger partial charge in [0, 0.05) is 19.1 Å². The zero-order valence-electron chi connectivity index (χ0n) is 12.4. The molecule has 1 unspecified atom stereocenters. The first kappa shape index (κ1) is 13.8. The first-order valence-electron chi connectivity index (χ1n) is 7.36. The highest BCUT2D eigenvalue weighted by molar-refractivity contribution is 5.79. The van der Waals surface area contributed by atoms with E-state index < -0.39 is 0 Å². The van der Waals surface area contributed by atoms with Crippen molar-refractivity contribution in [3.63, 3.8) is 0 Å². The number of rotatable bonds is 3. The molecule has 1 aliphatic heterocycles. The minimum absolute atomic E-state index is 0.0274. The van der Waals surface area contributed by atoms with E-state index in [0.717, 1.165) is 30.9 Å². The van der Waals surface area contributed by atoms with Crippen LogP contribution in [0, 0.1) is 5.92 Å². The van der Waals surface area contributed by atoms with Crippen molar-refractivity contribution in [2.24, 2.45) is 5.92 Å². The number of aromatic nitrogens is 4. The zero-order chi connectivity index (χ0) is 14.8. The van der Waals surface area contributed by atoms with Crippen LogP contribution < -0.4 is 10.2 Å². The van der Waals surface area contributed by atoms with Crippen LogP contribution in [0.3, 0.4) is 0 Å². The Morgan fingerprint density at radius 3 is 3.10 bits per heavy atom. The molecule has 1 N–H and O–H groups in total. The lowest BCUT2D eigenvalue weighted by Crippen LogP contribution is -2.45. The number of nitrogens with zero attached hydrogens (tertiary/aromatic N) is 5. The first-order chi connectivity index (χ1) is 10.1. The summed E-state index contributed by atoms with van der Waals surface area (Å²) >= 11 is 0. The summed E-state index contributed by atoms with van der Waals surface area (Å²) in [5.74, 6) is 1.03. The van der Waals surface area contributed by atoms with Gasteiger partial charge in [0.1, 0.15) is 12.1 Å². The van der Waals surface area contributed by atoms with Crippen LogP contribution in [0.25, 0.3) is 5.65 Å². The molecule has 0 radical (unpaired) electrons. The second-order valence-electron chi connectivity index (χ2n) is 5.77. The van der Waals surface area contributed by atoms with Gasteiger partial charge in [-0.1, -0.05) is 0 Å². The number of piperidine rings is 1. The van der Waals surface area contributed by atoms with Crippen LogP contribution >= 0.6 is 0 Å². The van der Waals surface area contributed by atoms with Gasteiger partial charge in [0.15, 0.2) is 5.65 Å². The normalized spacial score (nSPS) is 19.2. The Hall–Kier alpha value is -2.18. The van der Waals surface area contributed by atoms with Gasteiger partial charge in [-0.25, -0.2) is 0 Å². The maximum Gasteiger partial charge on any atom is 0.225 e. The van der Waals surface area contributed by atoms with E-state index in [4.69, 9.17) is 0 Å². The molecule has 0 saturated carbocycles. The lowest BCUT2D eigenvalue weighted by molar-refractivity contribution is -0.125. The third kappa shape index (κ3) is 2.96. The molecule has 0 aromatic carbocycles. The molecule has 1 saturated heterocycles. The van der Waals surface area contributed by atoms with Gasteiger partial charge in [0.2, 0.25) is 5.91 Å². The second-order valence-corrected chi connectivity index (χ2v) is 5.77. The van der Waals surface area contributed by atoms with Crippen molar-refractivity contribution in [2.75, 3.05) is 18.0 Å². The topological polar surface area (TPSA) is 75.4 Å². The third-order valence-corrected chi connectivity index (χ3v) is 3.69. The fraction of sp³-hybridized carbons (Fsp3) is 0.571. The number of hydrogen-bond acceptors (Lipinski definition) is 5. The van der Waals surface area contributed by atoms with Crippen molar-refractivity contribution in [3.8, 4) is 0 Å². The van der Waals surface area contributed by atoms with Crippen LogP contribution in [0.2, 0.25) is 0 Å². The van der Waals surface area contributed by atoms with Crippen LogP contribution in [-0.2, 0) is 4.79 Å². The summed E-state index contributed by atoms with van der Waals surface area (Å²) in [7, 11) is 0. The molecule has 7 heteroatoms. The van der Waals surface area contributed by atoms with Gasteiger partial charge < -0.3 is 10.2 Å². The Bertz CT molecular complexity index is 637. The van der Waals surface area contributed by atoms with Crippen LogP contribution in [0.15, 0.2) is 18.5 Å². The number of carbonyl (C=O) groups excluding carboxylic acids is 1. The highest BCUT2D eigenvalue weighted by Gasteiger charge is 2.27. The molecule has 21 heavy (non-hydrogen) atoms. The van der Waals surface area contributed by atoms with E-state index in [-0.39, 0.29) is 17.9 Å². The molecule has 0 spiro atoms. The molecule has 2 aromatic rings. The first-order valence-corrected chi connectivity index (χ1v) is 7.36. The Balaban J connectivity index is 1.74. The summed E-state index contributed by atoms with van der Waals surface area (Å²) in [6, 6.07) is 4.01. The summed E-state index contributed by atoms with van der Waals surface area (Å²) in [6.45, 7) is 5.60. The third-order valence-electron chi connectivity index (χ3n) is 3.69. The number of amides is 1. The quantitative estimate of drug-likeness (QED) is 0.907. The summed E-state index contributed by atoms with van der Waals surface area (Å²) < 4.78 is 1.66. The van der Waals surface area contributed by atoms with Crippen molar-refractivity contribution in [1.82, 2.24) is 25.1 Å². The standard InChI is InChI=1S/C14H20N6O/c1-10(2)16-14(21)11-4-3-7-19(8-11)13-6-5-12-17-15-9-20(12)18-13/h5-6,9-11H,3-4,7-8H2,1-2H3,(H,16,21). The van der Waals surface area contributed by atoms with Gasteiger partial charge in [-0.15, -0.1) is 15.3 Å². The molecule has 3 heterocycles. The minimum atomic E-state index is 0.0274. The fourth-order valence-electron chi connectivity index (χ4n) is 2.69. The van der Waals surface area contributed by atoms with E-state index in [1.807, 2.05) is 26.0 Å². The van der Waals surface area contributed by atoms with E-state index in [1.54, 1.807) is 10.8 Å². The number of hydrogen-bond donors (Lipinski definition) is 1. The SMILES string of the molecule is CC(C)NC(=O)C1CCCN(c2ccc3nncn3n2)C1. The molecule has 1 amide bonds. The molecule has 1 aliphatic rings. The maximum atomic E-state index is 12.2. The van der Waals surface area contributed by atoms with Crippen molar-refractivity contribution in [3.05, 3.63) is 18.5 Å². The largest absolute Gasteiger partial charge is 0.354 e. The maximum absolute atomic E-state index is 12.2. The van der Waals surface area contributed by atoms with Gasteiger partial charge in [0.25, 0.3) is 0 Å². The van der Waals surface area contributed by atoms with Crippen LogP contribution in [0.1, 0.15) is 26.7 Å². The summed E-state index contributed by atoms with van der Waals surface area (Å²) in [4.78, 5) is 14.3. The van der Waals surface area contributed by atoms with E-state index in [2.05, 4.69) is 25.5 Å². The molecular formula is C14H20N6O.